The third-order valence-electron chi connectivity index (χ3n) is 15.6. The van der Waals surface area contributed by atoms with Gasteiger partial charge in [0.05, 0.1) is 52.5 Å². The summed E-state index contributed by atoms with van der Waals surface area (Å²) in [6.45, 7) is 8.70. The molecule has 6 aromatic carbocycles. The highest BCUT2D eigenvalue weighted by molar-refractivity contribution is 6.11. The summed E-state index contributed by atoms with van der Waals surface area (Å²) in [6, 6.07) is 50.2. The summed E-state index contributed by atoms with van der Waals surface area (Å²) < 4.78 is 26.2. The number of rotatable bonds is 9. The summed E-state index contributed by atoms with van der Waals surface area (Å²) >= 11 is 0. The Labute approximate surface area is 442 Å². The zero-order valence-corrected chi connectivity index (χ0v) is 42.6. The lowest BCUT2D eigenvalue weighted by Crippen LogP contribution is -2.22. The lowest BCUT2D eigenvalue weighted by atomic mass is 9.79. The zero-order valence-electron chi connectivity index (χ0n) is 42.6. The Hall–Kier alpha value is -9.87. The summed E-state index contributed by atoms with van der Waals surface area (Å²) in [6.07, 6.45) is 18.5. The third-order valence-corrected chi connectivity index (χ3v) is 15.6. The van der Waals surface area contributed by atoms with Gasteiger partial charge in [0, 0.05) is 96.4 Å². The van der Waals surface area contributed by atoms with Crippen LogP contribution >= 0.6 is 0 Å². The minimum Gasteiger partial charge on any atom is -0.484 e. The fraction of sp³-hybridized carbons (Fsp3) is 0.106. The van der Waals surface area contributed by atoms with Crippen LogP contribution in [0.15, 0.2) is 210 Å². The van der Waals surface area contributed by atoms with Crippen LogP contribution in [0.4, 0.5) is 0 Å². The first kappa shape index (κ1) is 44.6. The number of nitrogens with zero attached hydrogens (tertiary/aromatic N) is 8. The van der Waals surface area contributed by atoms with Gasteiger partial charge in [-0.05, 0) is 135 Å². The molecule has 11 heteroatoms. The van der Waals surface area contributed by atoms with Gasteiger partial charge >= 0.3 is 0 Å². The Kier molecular flexibility index (Phi) is 10.1. The van der Waals surface area contributed by atoms with Crippen molar-refractivity contribution in [2.24, 2.45) is 0 Å². The molecule has 1 aliphatic carbocycles. The van der Waals surface area contributed by atoms with Crippen LogP contribution in [0.2, 0.25) is 0 Å². The second kappa shape index (κ2) is 17.4. The van der Waals surface area contributed by atoms with Crippen LogP contribution < -0.4 is 4.74 Å². The lowest BCUT2D eigenvalue weighted by Gasteiger charge is -2.26. The Bertz CT molecular complexity index is 4520. The number of benzene rings is 6. The van der Waals surface area contributed by atoms with Crippen molar-refractivity contribution in [3.63, 3.8) is 0 Å². The Balaban J connectivity index is 0.938. The van der Waals surface area contributed by atoms with Crippen LogP contribution in [0.25, 0.3) is 112 Å². The molecule has 0 fully saturated rings. The van der Waals surface area contributed by atoms with E-state index in [-0.39, 0.29) is 18.1 Å². The number of allylic oxidation sites excluding steroid dienone is 2. The first-order valence-electron chi connectivity index (χ1n) is 26.0. The SMILES string of the molecule is Cc1nc(-c2cccc(-n3c4ccccc4c4cc(C5=CC6c7cc(-n8c9cnccc9c9ccncc98)cc(-c8cccc(-c9ncco9)c8)c7OC6C(c6cccc(-c7ncco7)c6)=C5)ccc43)c2)n(C(C)C)c1C. The maximum Gasteiger partial charge on any atom is 0.225 e. The molecule has 7 aromatic heterocycles. The predicted octanol–water partition coefficient (Wildman–Crippen LogP) is 15.7. The molecule has 1 aliphatic heterocycles. The second-order valence-corrected chi connectivity index (χ2v) is 20.4. The van der Waals surface area contributed by atoms with Gasteiger partial charge in [0.2, 0.25) is 11.8 Å². The Morgan fingerprint density at radius 1 is 0.532 bits per heavy atom. The average molecular weight is 1000 g/mol. The molecule has 15 rings (SSSR count). The van der Waals surface area contributed by atoms with E-state index in [0.717, 1.165) is 123 Å². The molecule has 370 valence electrons. The summed E-state index contributed by atoms with van der Waals surface area (Å²) in [5, 5.41) is 4.54. The Morgan fingerprint density at radius 3 is 1.91 bits per heavy atom. The maximum atomic E-state index is 7.47. The fourth-order valence-electron chi connectivity index (χ4n) is 12.1. The second-order valence-electron chi connectivity index (χ2n) is 20.4. The van der Waals surface area contributed by atoms with Gasteiger partial charge in [-0.15, -0.1) is 0 Å². The van der Waals surface area contributed by atoms with Crippen molar-refractivity contribution in [1.29, 1.82) is 0 Å². The molecule has 13 aromatic rings. The first-order chi connectivity index (χ1) is 37.8. The van der Waals surface area contributed by atoms with E-state index in [1.807, 2.05) is 36.9 Å². The maximum absolute atomic E-state index is 7.47. The van der Waals surface area contributed by atoms with E-state index in [0.29, 0.717) is 11.8 Å². The van der Waals surface area contributed by atoms with E-state index >= 15 is 0 Å². The van der Waals surface area contributed by atoms with Gasteiger partial charge < -0.3 is 27.3 Å². The van der Waals surface area contributed by atoms with Gasteiger partial charge in [0.25, 0.3) is 0 Å². The van der Waals surface area contributed by atoms with Crippen molar-refractivity contribution in [3.8, 4) is 62.5 Å². The average Bonchev–Trinajstić information content (AvgIpc) is 4.52. The number of oxazole rings is 2. The van der Waals surface area contributed by atoms with Gasteiger partial charge in [-0.25, -0.2) is 15.0 Å². The van der Waals surface area contributed by atoms with E-state index < -0.39 is 0 Å². The molecule has 0 N–H and O–H groups in total. The highest BCUT2D eigenvalue weighted by Crippen LogP contribution is 2.54. The van der Waals surface area contributed by atoms with Gasteiger partial charge in [0.1, 0.15) is 30.2 Å². The molecule has 2 aliphatic rings. The topological polar surface area (TPSA) is 115 Å². The van der Waals surface area contributed by atoms with Crippen LogP contribution in [0.1, 0.15) is 53.9 Å². The van der Waals surface area contributed by atoms with Crippen LogP contribution in [-0.2, 0) is 0 Å². The summed E-state index contributed by atoms with van der Waals surface area (Å²) in [5.41, 5.74) is 18.6. The number of hydrogen-bond donors (Lipinski definition) is 0. The van der Waals surface area contributed by atoms with E-state index in [1.165, 1.54) is 11.1 Å². The molecular weight excluding hydrogens is 953 g/mol. The zero-order chi connectivity index (χ0) is 51.5. The molecule has 0 saturated heterocycles. The lowest BCUT2D eigenvalue weighted by molar-refractivity contribution is 0.279. The molecule has 0 spiro atoms. The third kappa shape index (κ3) is 7.07. The normalized spacial score (nSPS) is 15.1. The fourth-order valence-corrected chi connectivity index (χ4v) is 12.1. The van der Waals surface area contributed by atoms with Crippen molar-refractivity contribution in [2.45, 2.75) is 45.8 Å². The molecule has 0 saturated carbocycles. The smallest absolute Gasteiger partial charge is 0.225 e. The van der Waals surface area contributed by atoms with E-state index in [9.17, 15) is 0 Å². The standard InChI is InChI=1S/C66H48N8O3/c1-38(2)72-40(4)39(3)71-64(72)44-12-9-15-48(30-44)73-58-17-6-5-16-50(58)55-31-41(18-19-59(55)73)47-32-53(42-10-7-13-45(28-42)65-69-24-26-75-65)62-56(33-47)57-35-49(74-60-36-67-22-20-51(60)52-21-23-68-37-61(52)74)34-54(63(57)77-62)43-11-8-14-46(29-43)66-70-25-27-76-66/h5-38,56,62H,1-4H3. The van der Waals surface area contributed by atoms with E-state index in [4.69, 9.17) is 18.6 Å². The number of para-hydroxylation sites is 1. The van der Waals surface area contributed by atoms with Gasteiger partial charge in [-0.2, -0.15) is 0 Å². The highest BCUT2D eigenvalue weighted by atomic mass is 16.5. The molecule has 0 amide bonds. The first-order valence-corrected chi connectivity index (χ1v) is 26.0. The monoisotopic (exact) mass is 1000 g/mol. The number of imidazole rings is 1. The molecular formula is C66H48N8O3. The number of fused-ring (bicyclic) bond motifs is 9. The van der Waals surface area contributed by atoms with Crippen molar-refractivity contribution in [3.05, 3.63) is 229 Å². The van der Waals surface area contributed by atoms with E-state index in [1.54, 1.807) is 24.9 Å². The van der Waals surface area contributed by atoms with Gasteiger partial charge in [0.15, 0.2) is 0 Å². The van der Waals surface area contributed by atoms with Crippen molar-refractivity contribution >= 4 is 54.8 Å². The van der Waals surface area contributed by atoms with Crippen LogP contribution in [0, 0.1) is 13.8 Å². The van der Waals surface area contributed by atoms with Crippen molar-refractivity contribution < 1.29 is 13.6 Å². The van der Waals surface area contributed by atoms with Crippen molar-refractivity contribution in [2.75, 3.05) is 0 Å². The minimum atomic E-state index is -0.379. The number of aryl methyl sites for hydroxylation is 1. The van der Waals surface area contributed by atoms with Crippen LogP contribution in [0.5, 0.6) is 5.75 Å². The molecule has 8 heterocycles. The van der Waals surface area contributed by atoms with Crippen LogP contribution in [0.3, 0.4) is 0 Å². The largest absolute Gasteiger partial charge is 0.484 e. The van der Waals surface area contributed by atoms with Gasteiger partial charge in [-0.3, -0.25) is 9.97 Å². The predicted molar refractivity (Wildman–Crippen MR) is 304 cm³/mol. The number of hydrogen-bond acceptors (Lipinski definition) is 8. The minimum absolute atomic E-state index is 0.200. The molecule has 2 atom stereocenters. The molecule has 0 radical (unpaired) electrons. The van der Waals surface area contributed by atoms with Crippen molar-refractivity contribution in [1.82, 2.24) is 38.6 Å². The molecule has 77 heavy (non-hydrogen) atoms. The molecule has 11 nitrogen and oxygen atoms in total. The summed E-state index contributed by atoms with van der Waals surface area (Å²) in [4.78, 5) is 23.4. The van der Waals surface area contributed by atoms with Crippen LogP contribution in [-0.4, -0.2) is 44.7 Å². The quantitative estimate of drug-likeness (QED) is 0.140. The number of aromatic nitrogens is 8. The summed E-state index contributed by atoms with van der Waals surface area (Å²) in [7, 11) is 0. The van der Waals surface area contributed by atoms with Gasteiger partial charge in [-0.1, -0.05) is 66.7 Å². The number of ether oxygens (including phenoxy) is 1. The molecule has 2 unspecified atom stereocenters. The van der Waals surface area contributed by atoms with E-state index in [2.05, 4.69) is 201 Å². The highest BCUT2D eigenvalue weighted by Gasteiger charge is 2.41. The number of pyridine rings is 2. The molecule has 0 bridgehead atoms. The summed E-state index contributed by atoms with van der Waals surface area (Å²) in [5.74, 6) is 2.71. The Morgan fingerprint density at radius 2 is 1.18 bits per heavy atom.